The quantitative estimate of drug-likeness (QED) is 0.615. The van der Waals surface area contributed by atoms with E-state index in [2.05, 4.69) is 11.1 Å². The number of anilines is 2. The summed E-state index contributed by atoms with van der Waals surface area (Å²) in [5.74, 6) is -0.292. The van der Waals surface area contributed by atoms with Crippen molar-refractivity contribution in [2.45, 2.75) is 31.2 Å². The molecule has 1 atom stereocenters. The summed E-state index contributed by atoms with van der Waals surface area (Å²) in [4.78, 5) is 35.9. The third kappa shape index (κ3) is 2.88. The molecule has 3 aliphatic rings. The van der Waals surface area contributed by atoms with Crippen LogP contribution in [0.1, 0.15) is 30.4 Å². The molecule has 2 aliphatic heterocycles. The van der Waals surface area contributed by atoms with Crippen LogP contribution in [0, 0.1) is 11.3 Å². The number of nitrogens with two attached hydrogens (primary N) is 1. The van der Waals surface area contributed by atoms with Gasteiger partial charge in [0.05, 0.1) is 24.0 Å². The highest BCUT2D eigenvalue weighted by Gasteiger charge is 2.62. The first kappa shape index (κ1) is 21.8. The highest BCUT2D eigenvalue weighted by atomic mass is 16.2. The molecule has 0 unspecified atom stereocenters. The molecule has 2 N–H and O–H groups in total. The van der Waals surface area contributed by atoms with Crippen LogP contribution in [0.2, 0.25) is 0 Å². The predicted molar refractivity (Wildman–Crippen MR) is 135 cm³/mol. The van der Waals surface area contributed by atoms with Crippen LogP contribution in [0.15, 0.2) is 102 Å². The first-order valence-corrected chi connectivity index (χ1v) is 11.9. The lowest BCUT2D eigenvalue weighted by Gasteiger charge is -2.43. The Balaban J connectivity index is 1.65. The number of carbonyl (C=O) groups excluding carboxylic acids is 2. The molecule has 0 fully saturated rings. The molecule has 1 spiro atoms. The van der Waals surface area contributed by atoms with Crippen LogP contribution < -0.4 is 15.5 Å². The minimum Gasteiger partial charge on any atom is -0.384 e. The molecule has 36 heavy (non-hydrogen) atoms. The third-order valence-corrected chi connectivity index (χ3v) is 7.27. The van der Waals surface area contributed by atoms with Crippen molar-refractivity contribution in [3.8, 4) is 6.07 Å². The molecular formula is C29H23N5O2. The average molecular weight is 474 g/mol. The van der Waals surface area contributed by atoms with Crippen LogP contribution in [-0.2, 0) is 21.5 Å². The number of rotatable bonds is 3. The molecule has 176 valence electrons. The molecule has 1 aromatic heterocycles. The first-order chi connectivity index (χ1) is 17.6. The van der Waals surface area contributed by atoms with Crippen molar-refractivity contribution in [2.24, 2.45) is 5.73 Å². The van der Waals surface area contributed by atoms with Crippen molar-refractivity contribution in [3.05, 3.63) is 113 Å². The van der Waals surface area contributed by atoms with E-state index in [-0.39, 0.29) is 23.1 Å². The number of carbonyl (C=O) groups is 2. The number of ketones is 1. The average Bonchev–Trinajstić information content (AvgIpc) is 3.14. The van der Waals surface area contributed by atoms with Crippen LogP contribution in [0.4, 0.5) is 11.4 Å². The number of amides is 1. The van der Waals surface area contributed by atoms with Crippen LogP contribution in [0.3, 0.4) is 0 Å². The van der Waals surface area contributed by atoms with E-state index in [9.17, 15) is 14.9 Å². The highest BCUT2D eigenvalue weighted by Crippen LogP contribution is 2.56. The zero-order valence-electron chi connectivity index (χ0n) is 19.5. The number of fused-ring (bicyclic) bond motifs is 3. The van der Waals surface area contributed by atoms with E-state index < -0.39 is 5.41 Å². The number of nitriles is 1. The fraction of sp³-hybridized carbons (Fsp3) is 0.172. The molecule has 7 heteroatoms. The Hall–Kier alpha value is -4.70. The minimum absolute atomic E-state index is 0.0772. The number of Topliss-reactive ketones (excluding diaryl/α,β-unsaturated/α-hetero) is 1. The molecule has 0 saturated carbocycles. The maximum atomic E-state index is 14.6. The fourth-order valence-corrected chi connectivity index (χ4v) is 5.83. The van der Waals surface area contributed by atoms with E-state index in [1.807, 2.05) is 60.7 Å². The van der Waals surface area contributed by atoms with E-state index in [0.717, 1.165) is 5.56 Å². The lowest BCUT2D eigenvalue weighted by molar-refractivity contribution is -0.124. The summed E-state index contributed by atoms with van der Waals surface area (Å²) in [5.41, 5.74) is 9.17. The molecule has 6 rings (SSSR count). The van der Waals surface area contributed by atoms with Crippen LogP contribution in [0.25, 0.3) is 0 Å². The minimum atomic E-state index is -1.57. The standard InChI is InChI=1S/C29H23N5O2/c30-16-22-27(31)34(20-10-7-15-32-17-20)24-13-6-14-25(35)26(24)29(22)21-11-4-5-12-23(21)33(28(29)36)18-19-8-2-1-3-9-19/h1-5,7-12,15,17H,6,13-14,18,31H2/t29-/m0/s1. The van der Waals surface area contributed by atoms with E-state index in [1.165, 1.54) is 0 Å². The second-order valence-corrected chi connectivity index (χ2v) is 9.16. The van der Waals surface area contributed by atoms with Gasteiger partial charge in [-0.05, 0) is 36.6 Å². The van der Waals surface area contributed by atoms with Crippen LogP contribution in [0.5, 0.6) is 0 Å². The monoisotopic (exact) mass is 473 g/mol. The van der Waals surface area contributed by atoms with Gasteiger partial charge in [0.15, 0.2) is 5.78 Å². The number of allylic oxidation sites excluding steroid dienone is 1. The number of benzene rings is 2. The molecular weight excluding hydrogens is 450 g/mol. The van der Waals surface area contributed by atoms with Crippen molar-refractivity contribution >= 4 is 23.1 Å². The second kappa shape index (κ2) is 8.21. The van der Waals surface area contributed by atoms with E-state index in [1.54, 1.807) is 28.3 Å². The number of hydrogen-bond acceptors (Lipinski definition) is 6. The molecule has 1 amide bonds. The van der Waals surface area contributed by atoms with Crippen LogP contribution in [-0.4, -0.2) is 16.7 Å². The number of para-hydroxylation sites is 1. The van der Waals surface area contributed by atoms with E-state index >= 15 is 0 Å². The molecule has 3 heterocycles. The Morgan fingerprint density at radius 3 is 2.53 bits per heavy atom. The molecule has 7 nitrogen and oxygen atoms in total. The maximum Gasteiger partial charge on any atom is 0.248 e. The molecule has 1 aliphatic carbocycles. The molecule has 3 aromatic rings. The molecule has 0 saturated heterocycles. The third-order valence-electron chi connectivity index (χ3n) is 7.27. The van der Waals surface area contributed by atoms with Gasteiger partial charge in [-0.15, -0.1) is 0 Å². The first-order valence-electron chi connectivity index (χ1n) is 11.9. The topological polar surface area (TPSA) is 103 Å². The summed E-state index contributed by atoms with van der Waals surface area (Å²) < 4.78 is 0. The van der Waals surface area contributed by atoms with E-state index in [0.29, 0.717) is 54.0 Å². The Bertz CT molecular complexity index is 1500. The van der Waals surface area contributed by atoms with Gasteiger partial charge in [0.2, 0.25) is 5.91 Å². The zero-order chi connectivity index (χ0) is 24.9. The highest BCUT2D eigenvalue weighted by molar-refractivity contribution is 6.20. The zero-order valence-corrected chi connectivity index (χ0v) is 19.5. The summed E-state index contributed by atoms with van der Waals surface area (Å²) in [6, 6.07) is 23.0. The number of pyridine rings is 1. The van der Waals surface area contributed by atoms with Gasteiger partial charge in [-0.1, -0.05) is 48.5 Å². The second-order valence-electron chi connectivity index (χ2n) is 9.16. The van der Waals surface area contributed by atoms with Crippen molar-refractivity contribution < 1.29 is 9.59 Å². The summed E-state index contributed by atoms with van der Waals surface area (Å²) in [6.45, 7) is 0.320. The van der Waals surface area contributed by atoms with Gasteiger partial charge in [0.25, 0.3) is 0 Å². The number of aromatic nitrogens is 1. The van der Waals surface area contributed by atoms with Crippen molar-refractivity contribution in [3.63, 3.8) is 0 Å². The van der Waals surface area contributed by atoms with Gasteiger partial charge in [0.1, 0.15) is 17.3 Å². The van der Waals surface area contributed by atoms with Gasteiger partial charge in [-0.2, -0.15) is 5.26 Å². The largest absolute Gasteiger partial charge is 0.384 e. The summed E-state index contributed by atoms with van der Waals surface area (Å²) in [7, 11) is 0. The van der Waals surface area contributed by atoms with Gasteiger partial charge >= 0.3 is 0 Å². The molecule has 2 aromatic carbocycles. The Labute approximate surface area is 208 Å². The Morgan fingerprint density at radius 2 is 1.78 bits per heavy atom. The summed E-state index contributed by atoms with van der Waals surface area (Å²) in [5, 5.41) is 10.5. The summed E-state index contributed by atoms with van der Waals surface area (Å²) >= 11 is 0. The summed E-state index contributed by atoms with van der Waals surface area (Å²) in [6.07, 6.45) is 4.82. The molecule has 0 radical (unpaired) electrons. The fourth-order valence-electron chi connectivity index (χ4n) is 5.83. The Morgan fingerprint density at radius 1 is 1.00 bits per heavy atom. The lowest BCUT2D eigenvalue weighted by Crippen LogP contribution is -2.52. The van der Waals surface area contributed by atoms with Crippen molar-refractivity contribution in [1.82, 2.24) is 4.98 Å². The molecule has 0 bridgehead atoms. The van der Waals surface area contributed by atoms with Gasteiger partial charge in [-0.3, -0.25) is 19.5 Å². The lowest BCUT2D eigenvalue weighted by atomic mass is 9.64. The number of hydrogen-bond donors (Lipinski definition) is 1. The van der Waals surface area contributed by atoms with Crippen molar-refractivity contribution in [1.29, 1.82) is 5.26 Å². The SMILES string of the molecule is N#CC1=C(N)N(c2cccnc2)C2=C(C(=O)CCC2)[C@@]12C(=O)N(Cc1ccccc1)c1ccccc12. The van der Waals surface area contributed by atoms with Gasteiger partial charge < -0.3 is 10.6 Å². The van der Waals surface area contributed by atoms with Gasteiger partial charge in [0, 0.05) is 35.1 Å². The maximum absolute atomic E-state index is 14.6. The number of nitrogens with zero attached hydrogens (tertiary/aromatic N) is 4. The predicted octanol–water partition coefficient (Wildman–Crippen LogP) is 4.09. The van der Waals surface area contributed by atoms with Gasteiger partial charge in [-0.25, -0.2) is 0 Å². The Kier molecular flexibility index (Phi) is 4.97. The van der Waals surface area contributed by atoms with E-state index in [4.69, 9.17) is 5.73 Å². The smallest absolute Gasteiger partial charge is 0.248 e. The van der Waals surface area contributed by atoms with Crippen LogP contribution >= 0.6 is 0 Å². The normalized spacial score (nSPS) is 21.1. The van der Waals surface area contributed by atoms with Crippen molar-refractivity contribution in [2.75, 3.05) is 9.80 Å².